The van der Waals surface area contributed by atoms with Gasteiger partial charge in [-0.05, 0) is 37.0 Å². The number of benzene rings is 1. The first-order valence-electron chi connectivity index (χ1n) is 4.86. The van der Waals surface area contributed by atoms with E-state index in [1.54, 1.807) is 0 Å². The molecule has 70 valence electrons. The predicted molar refractivity (Wildman–Crippen MR) is 55.7 cm³/mol. The molecule has 0 amide bonds. The molecule has 13 heavy (non-hydrogen) atoms. The Morgan fingerprint density at radius 1 is 1.46 bits per heavy atom. The number of aryl methyl sites for hydroxylation is 1. The molecule has 0 spiro atoms. The number of nitrogens with one attached hydrogen (secondary N) is 1. The highest BCUT2D eigenvalue weighted by Gasteiger charge is 2.21. The molecule has 3 N–H and O–H groups in total. The van der Waals surface area contributed by atoms with Crippen molar-refractivity contribution >= 4 is 5.69 Å². The predicted octanol–water partition coefficient (Wildman–Crippen LogP) is 2.03. The molecule has 2 nitrogen and oxygen atoms in total. The van der Waals surface area contributed by atoms with Gasteiger partial charge < -0.3 is 11.1 Å². The minimum Gasteiger partial charge on any atom is -0.382 e. The van der Waals surface area contributed by atoms with E-state index < -0.39 is 0 Å². The van der Waals surface area contributed by atoms with Gasteiger partial charge in [-0.3, -0.25) is 0 Å². The molecule has 1 aliphatic carbocycles. The molecule has 0 saturated heterocycles. The maximum atomic E-state index is 5.66. The van der Waals surface area contributed by atoms with Crippen molar-refractivity contribution in [1.82, 2.24) is 0 Å². The highest BCUT2D eigenvalue weighted by Crippen LogP contribution is 2.27. The molecule has 1 saturated carbocycles. The third-order valence-electron chi connectivity index (χ3n) is 2.42. The van der Waals surface area contributed by atoms with Gasteiger partial charge in [0.2, 0.25) is 0 Å². The second-order valence-corrected chi connectivity index (χ2v) is 3.78. The number of hydrogen-bond donors (Lipinski definition) is 2. The summed E-state index contributed by atoms with van der Waals surface area (Å²) >= 11 is 0. The van der Waals surface area contributed by atoms with Gasteiger partial charge in [-0.25, -0.2) is 0 Å². The largest absolute Gasteiger partial charge is 0.382 e. The lowest BCUT2D eigenvalue weighted by molar-refractivity contribution is 1.05. The monoisotopic (exact) mass is 176 g/mol. The molecular weight excluding hydrogens is 160 g/mol. The van der Waals surface area contributed by atoms with Gasteiger partial charge in [-0.15, -0.1) is 0 Å². The van der Waals surface area contributed by atoms with Crippen LogP contribution < -0.4 is 11.1 Å². The zero-order valence-electron chi connectivity index (χ0n) is 8.01. The topological polar surface area (TPSA) is 38.0 Å². The van der Waals surface area contributed by atoms with E-state index in [1.807, 2.05) is 0 Å². The number of hydrogen-bond acceptors (Lipinski definition) is 2. The quantitative estimate of drug-likeness (QED) is 0.739. The van der Waals surface area contributed by atoms with Crippen LogP contribution in [0.15, 0.2) is 18.2 Å². The van der Waals surface area contributed by atoms with Crippen LogP contribution in [0.25, 0.3) is 0 Å². The summed E-state index contributed by atoms with van der Waals surface area (Å²) in [6, 6.07) is 7.10. The molecule has 0 aromatic heterocycles. The van der Waals surface area contributed by atoms with E-state index in [-0.39, 0.29) is 0 Å². The Bertz CT molecular complexity index is 303. The second kappa shape index (κ2) is 3.38. The average molecular weight is 176 g/mol. The summed E-state index contributed by atoms with van der Waals surface area (Å²) in [6.45, 7) is 2.73. The first-order chi connectivity index (χ1) is 6.29. The van der Waals surface area contributed by atoms with E-state index in [9.17, 15) is 0 Å². The molecule has 0 bridgehead atoms. The van der Waals surface area contributed by atoms with Crippen LogP contribution in [-0.2, 0) is 6.54 Å². The average Bonchev–Trinajstić information content (AvgIpc) is 2.89. The molecule has 2 heteroatoms. The van der Waals surface area contributed by atoms with Crippen molar-refractivity contribution in [2.75, 3.05) is 5.32 Å². The third kappa shape index (κ3) is 2.01. The molecule has 1 aromatic carbocycles. The fourth-order valence-corrected chi connectivity index (χ4v) is 1.45. The SMILES string of the molecule is Cc1ccc(CN)c(NC2CC2)c1. The second-order valence-electron chi connectivity index (χ2n) is 3.78. The van der Waals surface area contributed by atoms with Gasteiger partial charge in [0.05, 0.1) is 0 Å². The van der Waals surface area contributed by atoms with Gasteiger partial charge in [0.1, 0.15) is 0 Å². The van der Waals surface area contributed by atoms with Crippen LogP contribution in [0.5, 0.6) is 0 Å². The van der Waals surface area contributed by atoms with E-state index in [1.165, 1.54) is 29.7 Å². The lowest BCUT2D eigenvalue weighted by atomic mass is 10.1. The first kappa shape index (κ1) is 8.57. The third-order valence-corrected chi connectivity index (χ3v) is 2.42. The summed E-state index contributed by atoms with van der Waals surface area (Å²) in [5.41, 5.74) is 9.40. The Labute approximate surface area is 79.1 Å². The van der Waals surface area contributed by atoms with Gasteiger partial charge in [-0.1, -0.05) is 12.1 Å². The number of rotatable bonds is 3. The van der Waals surface area contributed by atoms with E-state index in [0.717, 1.165) is 0 Å². The molecule has 2 rings (SSSR count). The number of nitrogens with two attached hydrogens (primary N) is 1. The minimum absolute atomic E-state index is 0.620. The fourth-order valence-electron chi connectivity index (χ4n) is 1.45. The lowest BCUT2D eigenvalue weighted by Gasteiger charge is -2.10. The molecule has 0 radical (unpaired) electrons. The smallest absolute Gasteiger partial charge is 0.0390 e. The Morgan fingerprint density at radius 3 is 2.85 bits per heavy atom. The van der Waals surface area contributed by atoms with Crippen molar-refractivity contribution in [2.45, 2.75) is 32.4 Å². The molecule has 0 aliphatic heterocycles. The van der Waals surface area contributed by atoms with Crippen LogP contribution in [-0.4, -0.2) is 6.04 Å². The molecule has 0 unspecified atom stereocenters. The number of anilines is 1. The zero-order valence-corrected chi connectivity index (χ0v) is 8.01. The van der Waals surface area contributed by atoms with E-state index in [2.05, 4.69) is 30.4 Å². The maximum absolute atomic E-state index is 5.66. The summed E-state index contributed by atoms with van der Waals surface area (Å²) in [5.74, 6) is 0. The summed E-state index contributed by atoms with van der Waals surface area (Å²) in [4.78, 5) is 0. The Balaban J connectivity index is 2.22. The minimum atomic E-state index is 0.620. The lowest BCUT2D eigenvalue weighted by Crippen LogP contribution is -2.07. The van der Waals surface area contributed by atoms with Crippen molar-refractivity contribution in [3.8, 4) is 0 Å². The van der Waals surface area contributed by atoms with Crippen LogP contribution in [0.2, 0.25) is 0 Å². The summed E-state index contributed by atoms with van der Waals surface area (Å²) < 4.78 is 0. The van der Waals surface area contributed by atoms with Crippen molar-refractivity contribution in [3.63, 3.8) is 0 Å². The van der Waals surface area contributed by atoms with Crippen molar-refractivity contribution in [2.24, 2.45) is 5.73 Å². The van der Waals surface area contributed by atoms with Crippen LogP contribution in [0.4, 0.5) is 5.69 Å². The van der Waals surface area contributed by atoms with Crippen LogP contribution in [0, 0.1) is 6.92 Å². The van der Waals surface area contributed by atoms with Crippen molar-refractivity contribution in [1.29, 1.82) is 0 Å². The summed E-state index contributed by atoms with van der Waals surface area (Å²) in [7, 11) is 0. The van der Waals surface area contributed by atoms with E-state index >= 15 is 0 Å². The molecule has 1 aliphatic rings. The van der Waals surface area contributed by atoms with Gasteiger partial charge in [0.25, 0.3) is 0 Å². The van der Waals surface area contributed by atoms with Crippen LogP contribution in [0.3, 0.4) is 0 Å². The highest BCUT2D eigenvalue weighted by molar-refractivity contribution is 5.54. The van der Waals surface area contributed by atoms with E-state index in [4.69, 9.17) is 5.73 Å². The summed E-state index contributed by atoms with van der Waals surface area (Å²) in [6.07, 6.45) is 2.61. The van der Waals surface area contributed by atoms with E-state index in [0.29, 0.717) is 12.6 Å². The normalized spacial score (nSPS) is 15.8. The van der Waals surface area contributed by atoms with Gasteiger partial charge in [0, 0.05) is 18.3 Å². The zero-order chi connectivity index (χ0) is 9.26. The maximum Gasteiger partial charge on any atom is 0.0390 e. The van der Waals surface area contributed by atoms with Crippen LogP contribution >= 0.6 is 0 Å². The summed E-state index contributed by atoms with van der Waals surface area (Å²) in [5, 5.41) is 3.50. The van der Waals surface area contributed by atoms with Gasteiger partial charge in [-0.2, -0.15) is 0 Å². The Kier molecular flexibility index (Phi) is 2.23. The highest BCUT2D eigenvalue weighted by atomic mass is 15.0. The fraction of sp³-hybridized carbons (Fsp3) is 0.455. The van der Waals surface area contributed by atoms with Gasteiger partial charge >= 0.3 is 0 Å². The molecule has 0 atom stereocenters. The first-order valence-corrected chi connectivity index (χ1v) is 4.86. The molecule has 0 heterocycles. The Hall–Kier alpha value is -1.02. The van der Waals surface area contributed by atoms with Gasteiger partial charge in [0.15, 0.2) is 0 Å². The Morgan fingerprint density at radius 2 is 2.23 bits per heavy atom. The molecule has 1 aromatic rings. The van der Waals surface area contributed by atoms with Crippen molar-refractivity contribution in [3.05, 3.63) is 29.3 Å². The van der Waals surface area contributed by atoms with Crippen LogP contribution in [0.1, 0.15) is 24.0 Å². The van der Waals surface area contributed by atoms with Crippen molar-refractivity contribution < 1.29 is 0 Å². The molecule has 1 fully saturated rings. The molecular formula is C11H16N2. The standard InChI is InChI=1S/C11H16N2/c1-8-2-3-9(7-12)11(6-8)13-10-4-5-10/h2-3,6,10,13H,4-5,7,12H2,1H3.